The zero-order valence-corrected chi connectivity index (χ0v) is 19.9. The number of aryl methyl sites for hydroxylation is 1. The van der Waals surface area contributed by atoms with Crippen LogP contribution < -0.4 is 5.32 Å². The van der Waals surface area contributed by atoms with E-state index in [4.69, 9.17) is 4.99 Å². The molecule has 7 nitrogen and oxygen atoms in total. The predicted molar refractivity (Wildman–Crippen MR) is 132 cm³/mol. The maximum Gasteiger partial charge on any atom is 0.237 e. The zero-order chi connectivity index (χ0) is 23.5. The van der Waals surface area contributed by atoms with Crippen molar-refractivity contribution in [3.8, 4) is 0 Å². The summed E-state index contributed by atoms with van der Waals surface area (Å²) in [5.74, 6) is 1.23. The van der Waals surface area contributed by atoms with Crippen molar-refractivity contribution in [3.63, 3.8) is 0 Å². The van der Waals surface area contributed by atoms with E-state index >= 15 is 0 Å². The van der Waals surface area contributed by atoms with Crippen LogP contribution in [-0.2, 0) is 16.0 Å². The molecule has 33 heavy (non-hydrogen) atoms. The van der Waals surface area contributed by atoms with Gasteiger partial charge in [0.15, 0.2) is 5.82 Å². The molecule has 0 saturated heterocycles. The van der Waals surface area contributed by atoms with Gasteiger partial charge in [0.2, 0.25) is 11.8 Å². The van der Waals surface area contributed by atoms with Gasteiger partial charge in [0.05, 0.1) is 6.42 Å². The van der Waals surface area contributed by atoms with Crippen molar-refractivity contribution in [2.75, 3.05) is 11.6 Å². The molecule has 8 heteroatoms. The molecule has 4 rings (SSSR count). The molecule has 0 fully saturated rings. The first-order chi connectivity index (χ1) is 15.9. The normalized spacial score (nSPS) is 15.7. The van der Waals surface area contributed by atoms with Crippen LogP contribution in [-0.4, -0.2) is 38.8 Å². The Morgan fingerprint density at radius 2 is 1.85 bits per heavy atom. The molecule has 168 valence electrons. The second-order valence-corrected chi connectivity index (χ2v) is 8.70. The highest BCUT2D eigenvalue weighted by atomic mass is 32.2. The van der Waals surface area contributed by atoms with E-state index in [1.54, 1.807) is 23.6 Å². The molecule has 1 aliphatic heterocycles. The van der Waals surface area contributed by atoms with Crippen LogP contribution in [0.25, 0.3) is 0 Å². The Morgan fingerprint density at radius 3 is 2.55 bits per heavy atom. The van der Waals surface area contributed by atoms with Crippen molar-refractivity contribution in [2.45, 2.75) is 38.5 Å². The minimum atomic E-state index is -0.267. The number of nitrogens with one attached hydrogen (secondary N) is 1. The van der Waals surface area contributed by atoms with Crippen LogP contribution in [0.2, 0.25) is 0 Å². The topological polar surface area (TPSA) is 87.5 Å². The minimum Gasteiger partial charge on any atom is -0.311 e. The number of carbonyl (C=O) groups excluding carboxylic acids is 2. The van der Waals surface area contributed by atoms with Crippen molar-refractivity contribution < 1.29 is 9.59 Å². The first-order valence-electron chi connectivity index (χ1n) is 10.6. The highest BCUT2D eigenvalue weighted by molar-refractivity contribution is 7.98. The second kappa shape index (κ2) is 9.54. The Balaban J connectivity index is 1.91. The third-order valence-corrected chi connectivity index (χ3v) is 6.03. The third kappa shape index (κ3) is 4.96. The molecule has 2 amide bonds. The summed E-state index contributed by atoms with van der Waals surface area (Å²) in [6.45, 7) is 5.18. The second-order valence-electron chi connectivity index (χ2n) is 7.82. The van der Waals surface area contributed by atoms with Crippen LogP contribution in [0.15, 0.2) is 69.7 Å². The number of aromatic nitrogens is 2. The Hall–Kier alpha value is -3.52. The number of rotatable bonds is 4. The molecule has 2 aromatic rings. The number of fused-ring (bicyclic) bond motifs is 1. The van der Waals surface area contributed by atoms with E-state index in [0.717, 1.165) is 21.7 Å². The van der Waals surface area contributed by atoms with Crippen LogP contribution in [0.3, 0.4) is 0 Å². The first kappa shape index (κ1) is 22.7. The maximum atomic E-state index is 13.7. The molecule has 0 saturated carbocycles. The lowest BCUT2D eigenvalue weighted by Gasteiger charge is -2.24. The number of anilines is 1. The summed E-state index contributed by atoms with van der Waals surface area (Å²) in [6, 6.07) is 7.94. The Labute approximate surface area is 197 Å². The van der Waals surface area contributed by atoms with E-state index in [0.29, 0.717) is 35.3 Å². The van der Waals surface area contributed by atoms with Gasteiger partial charge in [0.25, 0.3) is 0 Å². The van der Waals surface area contributed by atoms with Gasteiger partial charge in [0.1, 0.15) is 17.5 Å². The Bertz CT molecular complexity index is 1240. The third-order valence-electron chi connectivity index (χ3n) is 5.28. The zero-order valence-electron chi connectivity index (χ0n) is 19.0. The monoisotopic (exact) mass is 459 g/mol. The van der Waals surface area contributed by atoms with Gasteiger partial charge in [-0.25, -0.2) is 15.0 Å². The van der Waals surface area contributed by atoms with E-state index in [1.807, 2.05) is 55.7 Å². The summed E-state index contributed by atoms with van der Waals surface area (Å²) in [5, 5.41) is 2.73. The number of hydrogen-bond acceptors (Lipinski definition) is 6. The van der Waals surface area contributed by atoms with Gasteiger partial charge in [-0.3, -0.25) is 14.5 Å². The van der Waals surface area contributed by atoms with Gasteiger partial charge >= 0.3 is 0 Å². The molecule has 2 heterocycles. The molecule has 1 N–H and O–H groups in total. The molecule has 1 aromatic heterocycles. The van der Waals surface area contributed by atoms with Gasteiger partial charge in [0, 0.05) is 28.6 Å². The van der Waals surface area contributed by atoms with Crippen LogP contribution in [0.4, 0.5) is 11.6 Å². The van der Waals surface area contributed by atoms with E-state index in [1.165, 1.54) is 6.92 Å². The van der Waals surface area contributed by atoms with E-state index in [2.05, 4.69) is 21.4 Å². The van der Waals surface area contributed by atoms with E-state index in [9.17, 15) is 9.59 Å². The number of carbonyl (C=O) groups is 2. The smallest absolute Gasteiger partial charge is 0.237 e. The number of amidine groups is 1. The van der Waals surface area contributed by atoms with Crippen LogP contribution in [0.5, 0.6) is 0 Å². The van der Waals surface area contributed by atoms with Gasteiger partial charge < -0.3 is 5.32 Å². The van der Waals surface area contributed by atoms with Crippen molar-refractivity contribution in [2.24, 2.45) is 4.99 Å². The van der Waals surface area contributed by atoms with Gasteiger partial charge in [-0.05, 0) is 44.7 Å². The summed E-state index contributed by atoms with van der Waals surface area (Å²) >= 11 is 1.65. The standard InChI is InChI=1S/C25H25N5O2S/c1-15-6-5-7-19(11-8-15)30-22(32)14-21-23(28-17(3)31)26-16(2)27-24(21)29-25(30)18-9-12-20(33-4)13-10-18/h6-13H,5,14H2,1-4H3,(H,26,27,28,31). The lowest BCUT2D eigenvalue weighted by atomic mass is 10.1. The van der Waals surface area contributed by atoms with Gasteiger partial charge in [-0.15, -0.1) is 11.8 Å². The predicted octanol–water partition coefficient (Wildman–Crippen LogP) is 4.72. The van der Waals surface area contributed by atoms with Gasteiger partial charge in [-0.2, -0.15) is 0 Å². The summed E-state index contributed by atoms with van der Waals surface area (Å²) < 4.78 is 0. The Kier molecular flexibility index (Phi) is 6.55. The van der Waals surface area contributed by atoms with Crippen molar-refractivity contribution in [1.82, 2.24) is 14.9 Å². The number of aliphatic imine (C=N–C) groups is 1. The van der Waals surface area contributed by atoms with E-state index < -0.39 is 0 Å². The summed E-state index contributed by atoms with van der Waals surface area (Å²) in [4.78, 5) is 42.0. The molecule has 0 spiro atoms. The molecule has 0 unspecified atom stereocenters. The number of hydrogen-bond donors (Lipinski definition) is 1. The van der Waals surface area contributed by atoms with Crippen molar-refractivity contribution >= 4 is 41.0 Å². The van der Waals surface area contributed by atoms with E-state index in [-0.39, 0.29) is 18.2 Å². The fraction of sp³-hybridized carbons (Fsp3) is 0.240. The van der Waals surface area contributed by atoms with Crippen LogP contribution in [0.1, 0.15) is 37.2 Å². The molecule has 1 aromatic carbocycles. The number of nitrogens with zero attached hydrogens (tertiary/aromatic N) is 4. The lowest BCUT2D eigenvalue weighted by molar-refractivity contribution is -0.125. The van der Waals surface area contributed by atoms with Gasteiger partial charge in [-0.1, -0.05) is 35.9 Å². The quantitative estimate of drug-likeness (QED) is 0.669. The number of thioether (sulfide) groups is 1. The summed E-state index contributed by atoms with van der Waals surface area (Å²) in [7, 11) is 0. The van der Waals surface area contributed by atoms with Crippen molar-refractivity contribution in [1.29, 1.82) is 0 Å². The molecule has 2 aliphatic rings. The molecular weight excluding hydrogens is 434 g/mol. The molecule has 0 radical (unpaired) electrons. The average molecular weight is 460 g/mol. The van der Waals surface area contributed by atoms with Crippen molar-refractivity contribution in [3.05, 3.63) is 76.8 Å². The molecule has 1 aliphatic carbocycles. The molecule has 0 atom stereocenters. The highest BCUT2D eigenvalue weighted by Crippen LogP contribution is 2.32. The lowest BCUT2D eigenvalue weighted by Crippen LogP contribution is -2.36. The van der Waals surface area contributed by atoms with Crippen LogP contribution in [0, 0.1) is 6.92 Å². The maximum absolute atomic E-state index is 13.7. The highest BCUT2D eigenvalue weighted by Gasteiger charge is 2.31. The summed E-state index contributed by atoms with van der Waals surface area (Å²) in [5.41, 5.74) is 3.19. The number of benzene rings is 1. The SMILES string of the molecule is CSc1ccc(C2=Nc3nc(C)nc(NC(C)=O)c3CC(=O)N2C2=CCC=C(C)C=C2)cc1. The summed E-state index contributed by atoms with van der Waals surface area (Å²) in [6.07, 6.45) is 10.8. The number of amides is 2. The average Bonchev–Trinajstić information content (AvgIpc) is 3.07. The molecular formula is C25H25N5O2S. The Morgan fingerprint density at radius 1 is 1.09 bits per heavy atom. The van der Waals surface area contributed by atoms with Crippen LogP contribution >= 0.6 is 11.8 Å². The fourth-order valence-corrected chi connectivity index (χ4v) is 4.10. The largest absolute Gasteiger partial charge is 0.311 e. The number of allylic oxidation sites excluding steroid dienone is 5. The minimum absolute atomic E-state index is 0.0126. The molecule has 0 bridgehead atoms. The first-order valence-corrected chi connectivity index (χ1v) is 11.8. The fourth-order valence-electron chi connectivity index (χ4n) is 3.69.